The molecule has 0 saturated heterocycles. The summed E-state index contributed by atoms with van der Waals surface area (Å²) in [6.45, 7) is 8.73. The summed E-state index contributed by atoms with van der Waals surface area (Å²) >= 11 is 6.05. The molecule has 1 aliphatic heterocycles. The van der Waals surface area contributed by atoms with E-state index in [2.05, 4.69) is 75.2 Å². The van der Waals surface area contributed by atoms with Crippen LogP contribution < -0.4 is 0 Å². The van der Waals surface area contributed by atoms with E-state index in [1.165, 1.54) is 11.1 Å². The van der Waals surface area contributed by atoms with Crippen LogP contribution in [0.15, 0.2) is 65.8 Å². The summed E-state index contributed by atoms with van der Waals surface area (Å²) in [5.41, 5.74) is 4.53. The second-order valence-electron chi connectivity index (χ2n) is 7.13. The molecule has 0 N–H and O–H groups in total. The van der Waals surface area contributed by atoms with E-state index in [1.807, 2.05) is 18.2 Å². The van der Waals surface area contributed by atoms with Gasteiger partial charge in [-0.15, -0.1) is 0 Å². The smallest absolute Gasteiger partial charge is 0.147 e. The molecule has 1 aliphatic rings. The maximum absolute atomic E-state index is 6.05. The molecule has 0 aliphatic carbocycles. The Labute approximate surface area is 149 Å². The maximum Gasteiger partial charge on any atom is 0.147 e. The van der Waals surface area contributed by atoms with Crippen LogP contribution in [0.3, 0.4) is 0 Å². The second kappa shape index (κ2) is 6.45. The summed E-state index contributed by atoms with van der Waals surface area (Å²) in [5, 5.41) is 0.748. The highest BCUT2D eigenvalue weighted by Gasteiger charge is 2.31. The maximum atomic E-state index is 6.05. The van der Waals surface area contributed by atoms with E-state index in [0.717, 1.165) is 16.3 Å². The second-order valence-corrected chi connectivity index (χ2v) is 7.56. The Morgan fingerprint density at radius 1 is 0.958 bits per heavy atom. The molecule has 0 fully saturated rings. The molecule has 24 heavy (non-hydrogen) atoms. The van der Waals surface area contributed by atoms with Gasteiger partial charge in [-0.3, -0.25) is 4.99 Å². The lowest BCUT2D eigenvalue weighted by atomic mass is 9.96. The van der Waals surface area contributed by atoms with Crippen LogP contribution in [0, 0.1) is 0 Å². The van der Waals surface area contributed by atoms with Gasteiger partial charge in [-0.25, -0.2) is 0 Å². The van der Waals surface area contributed by atoms with Gasteiger partial charge in [0.1, 0.15) is 6.17 Å². The first-order valence-corrected chi connectivity index (χ1v) is 8.60. The van der Waals surface area contributed by atoms with Crippen molar-refractivity contribution in [1.29, 1.82) is 0 Å². The first-order valence-electron chi connectivity index (χ1n) is 8.22. The van der Waals surface area contributed by atoms with Crippen LogP contribution in [0.2, 0.25) is 5.02 Å². The fourth-order valence-electron chi connectivity index (χ4n) is 2.95. The molecule has 2 aromatic rings. The van der Waals surface area contributed by atoms with Gasteiger partial charge in [0.2, 0.25) is 0 Å². The third-order valence-electron chi connectivity index (χ3n) is 4.26. The van der Waals surface area contributed by atoms with Crippen molar-refractivity contribution in [2.45, 2.75) is 39.4 Å². The molecule has 2 aromatic carbocycles. The van der Waals surface area contributed by atoms with Gasteiger partial charge in [-0.05, 0) is 51.0 Å². The van der Waals surface area contributed by atoms with E-state index in [-0.39, 0.29) is 11.7 Å². The highest BCUT2D eigenvalue weighted by Crippen LogP contribution is 2.36. The van der Waals surface area contributed by atoms with Gasteiger partial charge < -0.3 is 4.90 Å². The molecule has 0 bridgehead atoms. The highest BCUT2D eigenvalue weighted by atomic mass is 35.5. The minimum atomic E-state index is -0.0471. The van der Waals surface area contributed by atoms with Gasteiger partial charge in [0.15, 0.2) is 0 Å². The lowest BCUT2D eigenvalue weighted by Gasteiger charge is -2.42. The van der Waals surface area contributed by atoms with E-state index in [1.54, 1.807) is 0 Å². The summed E-state index contributed by atoms with van der Waals surface area (Å²) in [7, 11) is 0. The summed E-state index contributed by atoms with van der Waals surface area (Å²) in [4.78, 5) is 7.34. The minimum absolute atomic E-state index is 0.0327. The van der Waals surface area contributed by atoms with Crippen LogP contribution >= 0.6 is 11.6 Å². The first-order chi connectivity index (χ1) is 11.4. The van der Waals surface area contributed by atoms with Crippen LogP contribution in [0.5, 0.6) is 0 Å². The molecule has 0 radical (unpaired) electrons. The SMILES string of the molecule is CC1=NC(c2ccc(Cl)cc2)N(C(C)(C)C)C=C1c1ccccc1. The van der Waals surface area contributed by atoms with Crippen molar-refractivity contribution in [2.75, 3.05) is 0 Å². The van der Waals surface area contributed by atoms with Gasteiger partial charge in [-0.1, -0.05) is 54.1 Å². The van der Waals surface area contributed by atoms with Crippen molar-refractivity contribution >= 4 is 22.9 Å². The molecule has 1 atom stereocenters. The average Bonchev–Trinajstić information content (AvgIpc) is 2.55. The number of allylic oxidation sites excluding steroid dienone is 1. The molecule has 2 nitrogen and oxygen atoms in total. The third-order valence-corrected chi connectivity index (χ3v) is 4.52. The number of hydrogen-bond acceptors (Lipinski definition) is 2. The summed E-state index contributed by atoms with van der Waals surface area (Å²) in [5.74, 6) is 0. The normalized spacial score (nSPS) is 18.2. The van der Waals surface area contributed by atoms with E-state index >= 15 is 0 Å². The van der Waals surface area contributed by atoms with Gasteiger partial charge >= 0.3 is 0 Å². The summed E-state index contributed by atoms with van der Waals surface area (Å²) in [6, 6.07) is 18.4. The third kappa shape index (κ3) is 3.39. The van der Waals surface area contributed by atoms with Crippen LogP contribution in [-0.4, -0.2) is 16.2 Å². The molecule has 3 rings (SSSR count). The molecular formula is C21H23ClN2. The highest BCUT2D eigenvalue weighted by molar-refractivity contribution is 6.30. The standard InChI is InChI=1S/C21H23ClN2/c1-15-19(16-8-6-5-7-9-16)14-24(21(2,3)4)20(23-15)17-10-12-18(22)13-11-17/h5-14,20H,1-4H3. The van der Waals surface area contributed by atoms with Crippen molar-refractivity contribution < 1.29 is 0 Å². The van der Waals surface area contributed by atoms with Gasteiger partial charge in [0, 0.05) is 28.0 Å². The zero-order valence-electron chi connectivity index (χ0n) is 14.6. The fourth-order valence-corrected chi connectivity index (χ4v) is 3.08. The van der Waals surface area contributed by atoms with Gasteiger partial charge in [-0.2, -0.15) is 0 Å². The van der Waals surface area contributed by atoms with E-state index in [4.69, 9.17) is 16.6 Å². The van der Waals surface area contributed by atoms with E-state index in [9.17, 15) is 0 Å². The van der Waals surface area contributed by atoms with Crippen LogP contribution in [0.1, 0.15) is 45.0 Å². The van der Waals surface area contributed by atoms with Gasteiger partial charge in [0.05, 0.1) is 0 Å². The molecule has 124 valence electrons. The monoisotopic (exact) mass is 338 g/mol. The Morgan fingerprint density at radius 3 is 2.17 bits per heavy atom. The number of rotatable bonds is 2. The molecule has 1 heterocycles. The number of nitrogens with zero attached hydrogens (tertiary/aromatic N) is 2. The van der Waals surface area contributed by atoms with E-state index in [0.29, 0.717) is 0 Å². The molecule has 0 saturated carbocycles. The lowest BCUT2D eigenvalue weighted by molar-refractivity contribution is 0.148. The molecule has 3 heteroatoms. The quantitative estimate of drug-likeness (QED) is 0.660. The topological polar surface area (TPSA) is 15.6 Å². The number of halogens is 1. The first kappa shape index (κ1) is 16.8. The molecule has 1 unspecified atom stereocenters. The number of benzene rings is 2. The van der Waals surface area contributed by atoms with Crippen LogP contribution in [-0.2, 0) is 0 Å². The Balaban J connectivity index is 2.06. The zero-order chi connectivity index (χ0) is 17.3. The van der Waals surface area contributed by atoms with E-state index < -0.39 is 0 Å². The summed E-state index contributed by atoms with van der Waals surface area (Å²) < 4.78 is 0. The molecule has 0 aromatic heterocycles. The largest absolute Gasteiger partial charge is 0.347 e. The fraction of sp³-hybridized carbons (Fsp3) is 0.286. The molecule has 0 amide bonds. The van der Waals surface area contributed by atoms with Crippen LogP contribution in [0.25, 0.3) is 5.57 Å². The van der Waals surface area contributed by atoms with Crippen molar-refractivity contribution in [1.82, 2.24) is 4.90 Å². The van der Waals surface area contributed by atoms with Crippen LogP contribution in [0.4, 0.5) is 0 Å². The van der Waals surface area contributed by atoms with Crippen molar-refractivity contribution in [3.8, 4) is 0 Å². The number of hydrogen-bond donors (Lipinski definition) is 0. The zero-order valence-corrected chi connectivity index (χ0v) is 15.4. The van der Waals surface area contributed by atoms with Crippen molar-refractivity contribution in [3.05, 3.63) is 76.9 Å². The summed E-state index contributed by atoms with van der Waals surface area (Å²) in [6.07, 6.45) is 2.21. The molecular weight excluding hydrogens is 316 g/mol. The Hall–Kier alpha value is -2.06. The number of aliphatic imine (C=N–C) groups is 1. The average molecular weight is 339 g/mol. The minimum Gasteiger partial charge on any atom is -0.347 e. The predicted molar refractivity (Wildman–Crippen MR) is 103 cm³/mol. The van der Waals surface area contributed by atoms with Gasteiger partial charge in [0.25, 0.3) is 0 Å². The van der Waals surface area contributed by atoms with Crippen molar-refractivity contribution in [2.24, 2.45) is 4.99 Å². The predicted octanol–water partition coefficient (Wildman–Crippen LogP) is 5.95. The molecule has 0 spiro atoms. The Kier molecular flexibility index (Phi) is 4.51. The lowest BCUT2D eigenvalue weighted by Crippen LogP contribution is -2.41. The Morgan fingerprint density at radius 2 is 1.58 bits per heavy atom. The Bertz CT molecular complexity index is 768. The van der Waals surface area contributed by atoms with Crippen molar-refractivity contribution in [3.63, 3.8) is 0 Å².